The molecule has 2 aromatic carbocycles. The van der Waals surface area contributed by atoms with Crippen LogP contribution in [0.15, 0.2) is 76.2 Å². The lowest BCUT2D eigenvalue weighted by molar-refractivity contribution is -0.129. The highest BCUT2D eigenvalue weighted by atomic mass is 32.2. The number of thioether (sulfide) groups is 1. The summed E-state index contributed by atoms with van der Waals surface area (Å²) in [5.74, 6) is -1.41. The van der Waals surface area contributed by atoms with E-state index in [9.17, 15) is 24.3 Å². The molecule has 1 fully saturated rings. The minimum atomic E-state index is -1.18. The highest BCUT2D eigenvalue weighted by Gasteiger charge is 2.26. The molecule has 180 valence electrons. The molecule has 0 spiro atoms. The number of aromatic carboxylic acids is 1. The van der Waals surface area contributed by atoms with E-state index in [4.69, 9.17) is 4.42 Å². The van der Waals surface area contributed by atoms with Gasteiger partial charge < -0.3 is 24.6 Å². The number of hydrogen-bond acceptors (Lipinski definition) is 6. The van der Waals surface area contributed by atoms with E-state index in [0.29, 0.717) is 37.6 Å². The zero-order chi connectivity index (χ0) is 24.8. The fourth-order valence-corrected chi connectivity index (χ4v) is 4.54. The Bertz CT molecular complexity index is 1240. The molecule has 3 aromatic rings. The third kappa shape index (κ3) is 5.90. The number of benzene rings is 2. The van der Waals surface area contributed by atoms with E-state index in [1.807, 2.05) is 6.07 Å². The zero-order valence-corrected chi connectivity index (χ0v) is 19.5. The Morgan fingerprint density at radius 3 is 2.29 bits per heavy atom. The number of hydrogen-bond donors (Lipinski definition) is 2. The lowest BCUT2D eigenvalue weighted by atomic mass is 10.1. The van der Waals surface area contributed by atoms with Crippen LogP contribution in [-0.4, -0.2) is 70.5 Å². The molecule has 1 aromatic heterocycles. The average molecular weight is 494 g/mol. The highest BCUT2D eigenvalue weighted by Crippen LogP contribution is 2.23. The molecular formula is C25H23N3O6S. The molecule has 35 heavy (non-hydrogen) atoms. The second-order valence-corrected chi connectivity index (χ2v) is 8.82. The number of piperazine rings is 1. The molecule has 9 nitrogen and oxygen atoms in total. The van der Waals surface area contributed by atoms with Gasteiger partial charge >= 0.3 is 5.97 Å². The molecule has 10 heteroatoms. The van der Waals surface area contributed by atoms with E-state index >= 15 is 0 Å². The van der Waals surface area contributed by atoms with Crippen LogP contribution in [0.25, 0.3) is 0 Å². The fourth-order valence-electron chi connectivity index (χ4n) is 3.68. The normalized spacial score (nSPS) is 13.4. The monoisotopic (exact) mass is 493 g/mol. The SMILES string of the molecule is O=C(O)c1ccccc1C(=O)Nc1cccc(SCC(=O)N2CCN(C(=O)c3ccco3)CC2)c1. The first kappa shape index (κ1) is 24.1. The van der Waals surface area contributed by atoms with Gasteiger partial charge in [0.15, 0.2) is 5.76 Å². The zero-order valence-electron chi connectivity index (χ0n) is 18.7. The number of carbonyl (C=O) groups is 4. The third-order valence-electron chi connectivity index (χ3n) is 5.51. The van der Waals surface area contributed by atoms with Gasteiger partial charge in [-0.25, -0.2) is 4.79 Å². The first-order chi connectivity index (χ1) is 16.9. The molecule has 0 atom stereocenters. The fraction of sp³-hybridized carbons (Fsp3) is 0.200. The lowest BCUT2D eigenvalue weighted by Crippen LogP contribution is -2.51. The van der Waals surface area contributed by atoms with Crippen LogP contribution in [-0.2, 0) is 4.79 Å². The van der Waals surface area contributed by atoms with Crippen LogP contribution in [0.2, 0.25) is 0 Å². The maximum Gasteiger partial charge on any atom is 0.336 e. The van der Waals surface area contributed by atoms with Gasteiger partial charge in [0.25, 0.3) is 11.8 Å². The lowest BCUT2D eigenvalue weighted by Gasteiger charge is -2.34. The number of furan rings is 1. The van der Waals surface area contributed by atoms with Crippen molar-refractivity contribution in [1.82, 2.24) is 9.80 Å². The van der Waals surface area contributed by atoms with Gasteiger partial charge in [-0.05, 0) is 42.5 Å². The van der Waals surface area contributed by atoms with Crippen LogP contribution in [0.5, 0.6) is 0 Å². The Kier molecular flexibility index (Phi) is 7.51. The predicted molar refractivity (Wildman–Crippen MR) is 130 cm³/mol. The molecular weight excluding hydrogens is 470 g/mol. The minimum absolute atomic E-state index is 0.0371. The van der Waals surface area contributed by atoms with Crippen molar-refractivity contribution in [1.29, 1.82) is 0 Å². The molecule has 3 amide bonds. The van der Waals surface area contributed by atoms with Crippen LogP contribution in [0, 0.1) is 0 Å². The Labute approximate surface area is 205 Å². The maximum absolute atomic E-state index is 12.7. The molecule has 0 saturated carbocycles. The van der Waals surface area contributed by atoms with E-state index < -0.39 is 11.9 Å². The molecule has 2 N–H and O–H groups in total. The molecule has 2 heterocycles. The summed E-state index contributed by atoms with van der Waals surface area (Å²) < 4.78 is 5.16. The summed E-state index contributed by atoms with van der Waals surface area (Å²) >= 11 is 1.34. The van der Waals surface area contributed by atoms with Crippen LogP contribution < -0.4 is 5.32 Å². The van der Waals surface area contributed by atoms with Crippen molar-refractivity contribution in [2.75, 3.05) is 37.2 Å². The summed E-state index contributed by atoms with van der Waals surface area (Å²) in [5, 5.41) is 12.0. The number of anilines is 1. The molecule has 1 aliphatic rings. The predicted octanol–water partition coefficient (Wildman–Crippen LogP) is 3.31. The molecule has 0 bridgehead atoms. The molecule has 0 aliphatic carbocycles. The topological polar surface area (TPSA) is 120 Å². The Hall–Kier alpha value is -4.05. The Morgan fingerprint density at radius 1 is 0.886 bits per heavy atom. The molecule has 4 rings (SSSR count). The Morgan fingerprint density at radius 2 is 1.60 bits per heavy atom. The summed E-state index contributed by atoms with van der Waals surface area (Å²) in [6.07, 6.45) is 1.46. The largest absolute Gasteiger partial charge is 0.478 e. The number of nitrogens with zero attached hydrogens (tertiary/aromatic N) is 2. The summed E-state index contributed by atoms with van der Waals surface area (Å²) in [7, 11) is 0. The van der Waals surface area contributed by atoms with Crippen molar-refractivity contribution in [3.63, 3.8) is 0 Å². The Balaban J connectivity index is 1.29. The van der Waals surface area contributed by atoms with Gasteiger partial charge in [0.05, 0.1) is 23.1 Å². The van der Waals surface area contributed by atoms with Crippen LogP contribution in [0.4, 0.5) is 5.69 Å². The van der Waals surface area contributed by atoms with Crippen molar-refractivity contribution in [2.24, 2.45) is 0 Å². The van der Waals surface area contributed by atoms with Crippen LogP contribution in [0.3, 0.4) is 0 Å². The summed E-state index contributed by atoms with van der Waals surface area (Å²) in [4.78, 5) is 53.2. The molecule has 1 aliphatic heterocycles. The summed E-state index contributed by atoms with van der Waals surface area (Å²) in [5.41, 5.74) is 0.489. The van der Waals surface area contributed by atoms with Crippen molar-refractivity contribution in [3.05, 3.63) is 83.8 Å². The van der Waals surface area contributed by atoms with Gasteiger partial charge in [0.2, 0.25) is 5.91 Å². The van der Waals surface area contributed by atoms with Crippen LogP contribution >= 0.6 is 11.8 Å². The average Bonchev–Trinajstić information content (AvgIpc) is 3.42. The maximum atomic E-state index is 12.7. The van der Waals surface area contributed by atoms with Gasteiger partial charge in [0.1, 0.15) is 0 Å². The third-order valence-corrected chi connectivity index (χ3v) is 6.49. The van der Waals surface area contributed by atoms with Crippen molar-refractivity contribution < 1.29 is 28.7 Å². The van der Waals surface area contributed by atoms with Crippen molar-refractivity contribution in [2.45, 2.75) is 4.90 Å². The van der Waals surface area contributed by atoms with Gasteiger partial charge in [-0.2, -0.15) is 0 Å². The minimum Gasteiger partial charge on any atom is -0.478 e. The summed E-state index contributed by atoms with van der Waals surface area (Å²) in [6.45, 7) is 1.78. The van der Waals surface area contributed by atoms with E-state index in [1.54, 1.807) is 52.3 Å². The quantitative estimate of drug-likeness (QED) is 0.485. The van der Waals surface area contributed by atoms with Gasteiger partial charge in [-0.15, -0.1) is 11.8 Å². The smallest absolute Gasteiger partial charge is 0.336 e. The van der Waals surface area contributed by atoms with E-state index in [2.05, 4.69) is 5.32 Å². The second kappa shape index (κ2) is 10.9. The molecule has 1 saturated heterocycles. The molecule has 0 unspecified atom stereocenters. The van der Waals surface area contributed by atoms with Gasteiger partial charge in [0, 0.05) is 36.8 Å². The molecule has 0 radical (unpaired) electrons. The van der Waals surface area contributed by atoms with E-state index in [0.717, 1.165) is 4.90 Å². The number of carboxylic acids is 1. The van der Waals surface area contributed by atoms with Crippen LogP contribution in [0.1, 0.15) is 31.3 Å². The first-order valence-corrected chi connectivity index (χ1v) is 11.9. The number of rotatable bonds is 7. The number of carbonyl (C=O) groups excluding carboxylic acids is 3. The van der Waals surface area contributed by atoms with Gasteiger partial charge in [-0.3, -0.25) is 14.4 Å². The highest BCUT2D eigenvalue weighted by molar-refractivity contribution is 8.00. The number of amides is 3. The standard InChI is InChI=1S/C25H23N3O6S/c29-22(27-10-12-28(13-11-27)24(31)21-9-4-14-34-21)16-35-18-6-3-5-17(15-18)26-23(30)19-7-1-2-8-20(19)25(32)33/h1-9,14-15H,10-13,16H2,(H,26,30)(H,32,33). The number of nitrogens with one attached hydrogen (secondary N) is 1. The van der Waals surface area contributed by atoms with Crippen molar-refractivity contribution in [3.8, 4) is 0 Å². The second-order valence-electron chi connectivity index (χ2n) is 7.77. The summed E-state index contributed by atoms with van der Waals surface area (Å²) in [6, 6.07) is 16.3. The first-order valence-electron chi connectivity index (χ1n) is 10.9. The van der Waals surface area contributed by atoms with E-state index in [-0.39, 0.29) is 28.7 Å². The van der Waals surface area contributed by atoms with Gasteiger partial charge in [-0.1, -0.05) is 18.2 Å². The van der Waals surface area contributed by atoms with E-state index in [1.165, 1.54) is 30.2 Å². The number of carboxylic acid groups (broad SMARTS) is 1. The van der Waals surface area contributed by atoms with Crippen molar-refractivity contribution >= 4 is 41.1 Å².